The van der Waals surface area contributed by atoms with Crippen LogP contribution in [0.25, 0.3) is 22.2 Å². The van der Waals surface area contributed by atoms with Gasteiger partial charge in [0.05, 0.1) is 23.9 Å². The summed E-state index contributed by atoms with van der Waals surface area (Å²) in [5.74, 6) is 1.92. The van der Waals surface area contributed by atoms with E-state index in [2.05, 4.69) is 29.8 Å². The second-order valence-electron chi connectivity index (χ2n) is 8.10. The predicted octanol–water partition coefficient (Wildman–Crippen LogP) is 5.79. The second kappa shape index (κ2) is 8.15. The lowest BCUT2D eigenvalue weighted by Crippen LogP contribution is -2.42. The predicted molar refractivity (Wildman–Crippen MR) is 120 cm³/mol. The van der Waals surface area contributed by atoms with Crippen LogP contribution in [0.3, 0.4) is 0 Å². The van der Waals surface area contributed by atoms with E-state index in [9.17, 15) is 4.79 Å². The van der Waals surface area contributed by atoms with Crippen LogP contribution in [-0.4, -0.2) is 36.0 Å². The van der Waals surface area contributed by atoms with Gasteiger partial charge in [-0.3, -0.25) is 4.79 Å². The maximum absolute atomic E-state index is 13.6. The lowest BCUT2D eigenvalue weighted by Gasteiger charge is -2.35. The molecular weight excluding hydrogens is 428 g/mol. The SMILES string of the molecule is COc1ccc(-c2cc(C(=O)N3CC(C)CC(C)C3)c3cc(Br)ccc3n2)cc1. The lowest BCUT2D eigenvalue weighted by atomic mass is 9.91. The molecule has 1 aliphatic rings. The number of methoxy groups -OCH3 is 1. The van der Waals surface area contributed by atoms with Gasteiger partial charge in [0.25, 0.3) is 5.91 Å². The number of pyridine rings is 1. The monoisotopic (exact) mass is 452 g/mol. The van der Waals surface area contributed by atoms with E-state index in [1.165, 1.54) is 6.42 Å². The standard InChI is InChI=1S/C24H25BrN2O2/c1-15-10-16(2)14-27(13-15)24(28)21-12-23(17-4-7-19(29-3)8-5-17)26-22-9-6-18(25)11-20(21)22/h4-9,11-12,15-16H,10,13-14H2,1-3H3. The number of piperidine rings is 1. The van der Waals surface area contributed by atoms with Crippen molar-refractivity contribution in [2.24, 2.45) is 11.8 Å². The van der Waals surface area contributed by atoms with Gasteiger partial charge in [-0.15, -0.1) is 0 Å². The molecular formula is C24H25BrN2O2. The quantitative estimate of drug-likeness (QED) is 0.504. The van der Waals surface area contributed by atoms with Crippen LogP contribution in [0.1, 0.15) is 30.6 Å². The van der Waals surface area contributed by atoms with Gasteiger partial charge < -0.3 is 9.64 Å². The number of rotatable bonds is 3. The number of aromatic nitrogens is 1. The van der Waals surface area contributed by atoms with E-state index in [-0.39, 0.29) is 5.91 Å². The Balaban J connectivity index is 1.82. The third-order valence-electron chi connectivity index (χ3n) is 5.54. The molecule has 0 aliphatic carbocycles. The van der Waals surface area contributed by atoms with Crippen LogP contribution in [0.15, 0.2) is 53.0 Å². The Hall–Kier alpha value is -2.40. The highest BCUT2D eigenvalue weighted by atomic mass is 79.9. The highest BCUT2D eigenvalue weighted by Crippen LogP contribution is 2.30. The molecule has 2 heterocycles. The van der Waals surface area contributed by atoms with Crippen LogP contribution >= 0.6 is 15.9 Å². The van der Waals surface area contributed by atoms with Gasteiger partial charge in [-0.2, -0.15) is 0 Å². The first kappa shape index (κ1) is 19.9. The smallest absolute Gasteiger partial charge is 0.254 e. The van der Waals surface area contributed by atoms with E-state index in [4.69, 9.17) is 9.72 Å². The van der Waals surface area contributed by atoms with Crippen molar-refractivity contribution in [2.75, 3.05) is 20.2 Å². The number of benzene rings is 2. The summed E-state index contributed by atoms with van der Waals surface area (Å²) in [4.78, 5) is 20.4. The van der Waals surface area contributed by atoms with Gasteiger partial charge in [0.15, 0.2) is 0 Å². The van der Waals surface area contributed by atoms with Gasteiger partial charge in [-0.1, -0.05) is 29.8 Å². The molecule has 2 unspecified atom stereocenters. The molecule has 0 radical (unpaired) electrons. The highest BCUT2D eigenvalue weighted by molar-refractivity contribution is 9.10. The third kappa shape index (κ3) is 4.15. The summed E-state index contributed by atoms with van der Waals surface area (Å²) in [5.41, 5.74) is 3.29. The number of halogens is 1. The van der Waals surface area contributed by atoms with E-state index >= 15 is 0 Å². The van der Waals surface area contributed by atoms with E-state index in [1.807, 2.05) is 53.4 Å². The summed E-state index contributed by atoms with van der Waals surface area (Å²) in [6.45, 7) is 6.05. The van der Waals surface area contributed by atoms with Gasteiger partial charge in [-0.05, 0) is 66.8 Å². The maximum Gasteiger partial charge on any atom is 0.254 e. The zero-order chi connectivity index (χ0) is 20.5. The number of amides is 1. The number of carbonyl (C=O) groups is 1. The zero-order valence-corrected chi connectivity index (χ0v) is 18.6. The van der Waals surface area contributed by atoms with Crippen molar-refractivity contribution in [3.8, 4) is 17.0 Å². The number of carbonyl (C=O) groups excluding carboxylic acids is 1. The zero-order valence-electron chi connectivity index (χ0n) is 17.0. The van der Waals surface area contributed by atoms with Crippen molar-refractivity contribution >= 4 is 32.7 Å². The summed E-state index contributed by atoms with van der Waals surface area (Å²) in [6.07, 6.45) is 1.17. The molecule has 0 N–H and O–H groups in total. The summed E-state index contributed by atoms with van der Waals surface area (Å²) >= 11 is 3.54. The van der Waals surface area contributed by atoms with E-state index in [1.54, 1.807) is 7.11 Å². The van der Waals surface area contributed by atoms with E-state index < -0.39 is 0 Å². The Morgan fingerprint density at radius 1 is 1.07 bits per heavy atom. The van der Waals surface area contributed by atoms with Gasteiger partial charge in [0.1, 0.15) is 5.75 Å². The minimum absolute atomic E-state index is 0.0867. The lowest BCUT2D eigenvalue weighted by molar-refractivity contribution is 0.0625. The first-order valence-corrected chi connectivity index (χ1v) is 10.8. The van der Waals surface area contributed by atoms with Gasteiger partial charge >= 0.3 is 0 Å². The summed E-state index contributed by atoms with van der Waals surface area (Å²) in [6, 6.07) is 15.6. The fourth-order valence-corrected chi connectivity index (χ4v) is 4.64. The average Bonchev–Trinajstić information content (AvgIpc) is 2.72. The van der Waals surface area contributed by atoms with Crippen molar-refractivity contribution in [2.45, 2.75) is 20.3 Å². The van der Waals surface area contributed by atoms with Gasteiger partial charge in [-0.25, -0.2) is 4.98 Å². The van der Waals surface area contributed by atoms with Crippen LogP contribution in [0.5, 0.6) is 5.75 Å². The fraction of sp³-hybridized carbons (Fsp3) is 0.333. The minimum atomic E-state index is 0.0867. The molecule has 1 fully saturated rings. The first-order valence-electron chi connectivity index (χ1n) is 9.98. The van der Waals surface area contributed by atoms with Crippen LogP contribution in [0, 0.1) is 11.8 Å². The Kier molecular flexibility index (Phi) is 5.59. The second-order valence-corrected chi connectivity index (χ2v) is 9.02. The molecule has 1 aromatic heterocycles. The van der Waals surface area contributed by atoms with E-state index in [0.29, 0.717) is 17.4 Å². The molecule has 2 atom stereocenters. The van der Waals surface area contributed by atoms with Crippen LogP contribution in [-0.2, 0) is 0 Å². The molecule has 5 heteroatoms. The molecule has 3 aromatic rings. The Labute approximate surface area is 180 Å². The molecule has 0 spiro atoms. The Morgan fingerprint density at radius 3 is 2.41 bits per heavy atom. The van der Waals surface area contributed by atoms with Crippen LogP contribution < -0.4 is 4.74 Å². The molecule has 2 aromatic carbocycles. The summed E-state index contributed by atoms with van der Waals surface area (Å²) < 4.78 is 6.21. The van der Waals surface area contributed by atoms with Crippen molar-refractivity contribution in [1.29, 1.82) is 0 Å². The molecule has 1 saturated heterocycles. The summed E-state index contributed by atoms with van der Waals surface area (Å²) in [5, 5.41) is 0.882. The van der Waals surface area contributed by atoms with Crippen molar-refractivity contribution < 1.29 is 9.53 Å². The van der Waals surface area contributed by atoms with Gasteiger partial charge in [0, 0.05) is 28.5 Å². The molecule has 0 saturated carbocycles. The first-order chi connectivity index (χ1) is 13.9. The number of ether oxygens (including phenoxy) is 1. The topological polar surface area (TPSA) is 42.4 Å². The highest BCUT2D eigenvalue weighted by Gasteiger charge is 2.27. The summed E-state index contributed by atoms with van der Waals surface area (Å²) in [7, 11) is 1.65. The van der Waals surface area contributed by atoms with Crippen molar-refractivity contribution in [3.63, 3.8) is 0 Å². The molecule has 1 amide bonds. The minimum Gasteiger partial charge on any atom is -0.497 e. The van der Waals surface area contributed by atoms with Crippen LogP contribution in [0.4, 0.5) is 0 Å². The van der Waals surface area contributed by atoms with Crippen LogP contribution in [0.2, 0.25) is 0 Å². The molecule has 4 nitrogen and oxygen atoms in total. The van der Waals surface area contributed by atoms with Crippen molar-refractivity contribution in [1.82, 2.24) is 9.88 Å². The average molecular weight is 453 g/mol. The molecule has 4 rings (SSSR count). The largest absolute Gasteiger partial charge is 0.497 e. The number of hydrogen-bond donors (Lipinski definition) is 0. The normalized spacial score (nSPS) is 19.4. The molecule has 0 bridgehead atoms. The van der Waals surface area contributed by atoms with Crippen molar-refractivity contribution in [3.05, 3.63) is 58.6 Å². The third-order valence-corrected chi connectivity index (χ3v) is 6.04. The number of likely N-dealkylation sites (tertiary alicyclic amines) is 1. The molecule has 29 heavy (non-hydrogen) atoms. The Morgan fingerprint density at radius 2 is 1.76 bits per heavy atom. The number of hydrogen-bond acceptors (Lipinski definition) is 3. The maximum atomic E-state index is 13.6. The Bertz CT molecular complexity index is 1040. The van der Waals surface area contributed by atoms with Gasteiger partial charge in [0.2, 0.25) is 0 Å². The van der Waals surface area contributed by atoms with E-state index in [0.717, 1.165) is 45.5 Å². The fourth-order valence-electron chi connectivity index (χ4n) is 4.28. The molecule has 150 valence electrons. The number of fused-ring (bicyclic) bond motifs is 1. The number of nitrogens with zero attached hydrogens (tertiary/aromatic N) is 2. The molecule has 1 aliphatic heterocycles.